The average molecular weight is 451 g/mol. The van der Waals surface area contributed by atoms with Crippen LogP contribution in [0.3, 0.4) is 0 Å². The number of methoxy groups -OCH3 is 2. The second-order valence-electron chi connectivity index (χ2n) is 6.40. The maximum Gasteiger partial charge on any atom is 0.338 e. The summed E-state index contributed by atoms with van der Waals surface area (Å²) in [6, 6.07) is 8.01. The lowest BCUT2D eigenvalue weighted by Crippen LogP contribution is -2.37. The summed E-state index contributed by atoms with van der Waals surface area (Å²) in [7, 11) is -1.52. The van der Waals surface area contributed by atoms with Gasteiger partial charge in [-0.2, -0.15) is 0 Å². The van der Waals surface area contributed by atoms with Crippen molar-refractivity contribution >= 4 is 39.0 Å². The van der Waals surface area contributed by atoms with Crippen molar-refractivity contribution in [3.8, 4) is 5.75 Å². The molecule has 0 atom stereocenters. The molecular weight excluding hydrogens is 430 g/mol. The number of nitrogens with one attached hydrogen (secondary N) is 1. The van der Waals surface area contributed by atoms with E-state index in [1.54, 1.807) is 13.0 Å². The predicted molar refractivity (Wildman–Crippen MR) is 113 cm³/mol. The van der Waals surface area contributed by atoms with Crippen LogP contribution in [0.15, 0.2) is 36.4 Å². The fourth-order valence-corrected chi connectivity index (χ4v) is 3.64. The van der Waals surface area contributed by atoms with E-state index in [-0.39, 0.29) is 28.4 Å². The number of amides is 1. The van der Waals surface area contributed by atoms with Gasteiger partial charge in [-0.3, -0.25) is 19.2 Å². The second-order valence-corrected chi connectivity index (χ2v) is 8.31. The minimum Gasteiger partial charge on any atom is -0.495 e. The maximum atomic E-state index is 12.7. The molecule has 0 unspecified atom stereocenters. The molecule has 0 aromatic heterocycles. The summed E-state index contributed by atoms with van der Waals surface area (Å²) in [5.41, 5.74) is 0.426. The number of non-ortho nitro benzene ring substituents is 1. The van der Waals surface area contributed by atoms with Crippen LogP contribution in [0.25, 0.3) is 0 Å². The highest BCUT2D eigenvalue weighted by Gasteiger charge is 2.26. The van der Waals surface area contributed by atoms with Gasteiger partial charge in [0.15, 0.2) is 0 Å². The molecule has 31 heavy (non-hydrogen) atoms. The molecule has 0 heterocycles. The predicted octanol–water partition coefficient (Wildman–Crippen LogP) is 2.10. The summed E-state index contributed by atoms with van der Waals surface area (Å²) in [4.78, 5) is 34.9. The van der Waals surface area contributed by atoms with Crippen molar-refractivity contribution < 1.29 is 32.4 Å². The lowest BCUT2D eigenvalue weighted by atomic mass is 10.1. The smallest absolute Gasteiger partial charge is 0.338 e. The Morgan fingerprint density at radius 3 is 2.42 bits per heavy atom. The molecule has 0 saturated carbocycles. The number of sulfonamides is 1. The van der Waals surface area contributed by atoms with E-state index in [0.29, 0.717) is 9.87 Å². The molecule has 0 spiro atoms. The molecule has 11 nitrogen and oxygen atoms in total. The molecular formula is C19H21N3O8S. The molecule has 2 aromatic rings. The number of carbonyl (C=O) groups is 2. The van der Waals surface area contributed by atoms with Crippen molar-refractivity contribution in [2.75, 3.05) is 36.6 Å². The zero-order valence-corrected chi connectivity index (χ0v) is 18.1. The Hall–Kier alpha value is -3.67. The van der Waals surface area contributed by atoms with Gasteiger partial charge < -0.3 is 14.8 Å². The number of rotatable bonds is 8. The summed E-state index contributed by atoms with van der Waals surface area (Å²) in [5, 5.41) is 13.7. The van der Waals surface area contributed by atoms with E-state index in [1.807, 2.05) is 0 Å². The van der Waals surface area contributed by atoms with Crippen LogP contribution in [0.4, 0.5) is 17.1 Å². The van der Waals surface area contributed by atoms with Crippen LogP contribution in [0.1, 0.15) is 15.9 Å². The van der Waals surface area contributed by atoms with Gasteiger partial charge in [0, 0.05) is 17.8 Å². The van der Waals surface area contributed by atoms with E-state index >= 15 is 0 Å². The third-order valence-corrected chi connectivity index (χ3v) is 5.47. The maximum absolute atomic E-state index is 12.7. The van der Waals surface area contributed by atoms with Crippen LogP contribution in [-0.2, 0) is 19.6 Å². The first-order valence-corrected chi connectivity index (χ1v) is 10.6. The SMILES string of the molecule is COC(=O)c1cccc(NC(=O)CN(c2cc([N+](=O)[O-])ccc2OC)S(C)(=O)=O)c1C. The van der Waals surface area contributed by atoms with Crippen LogP contribution in [0, 0.1) is 17.0 Å². The van der Waals surface area contributed by atoms with Crippen molar-refractivity contribution in [2.45, 2.75) is 6.92 Å². The number of nitro benzene ring substituents is 1. The normalized spacial score (nSPS) is 10.8. The highest BCUT2D eigenvalue weighted by Crippen LogP contribution is 2.33. The van der Waals surface area contributed by atoms with Gasteiger partial charge in [-0.05, 0) is 30.7 Å². The number of anilines is 2. The average Bonchev–Trinajstić information content (AvgIpc) is 2.71. The molecule has 0 aliphatic carbocycles. The molecule has 0 saturated heterocycles. The highest BCUT2D eigenvalue weighted by molar-refractivity contribution is 7.92. The topological polar surface area (TPSA) is 145 Å². The van der Waals surface area contributed by atoms with Crippen LogP contribution in [0.2, 0.25) is 0 Å². The second kappa shape index (κ2) is 9.43. The molecule has 2 rings (SSSR count). The Labute approximate surface area is 178 Å². The third-order valence-electron chi connectivity index (χ3n) is 4.34. The molecule has 0 radical (unpaired) electrons. The fourth-order valence-electron chi connectivity index (χ4n) is 2.79. The minimum absolute atomic E-state index is 0.0349. The quantitative estimate of drug-likeness (QED) is 0.365. The van der Waals surface area contributed by atoms with E-state index in [1.165, 1.54) is 32.4 Å². The summed E-state index contributed by atoms with van der Waals surface area (Å²) in [6.45, 7) is 0.915. The van der Waals surface area contributed by atoms with Crippen molar-refractivity contribution in [2.24, 2.45) is 0 Å². The molecule has 1 amide bonds. The fraction of sp³-hybridized carbons (Fsp3) is 0.263. The number of hydrogen-bond acceptors (Lipinski definition) is 8. The standard InChI is InChI=1S/C19H21N3O8S/c1-12-14(19(24)30-3)6-5-7-15(12)20-18(23)11-21(31(4,27)28)16-10-13(22(25)26)8-9-17(16)29-2/h5-10H,11H2,1-4H3,(H,20,23). The van der Waals surface area contributed by atoms with Gasteiger partial charge in [0.25, 0.3) is 5.69 Å². The van der Waals surface area contributed by atoms with Crippen LogP contribution in [-0.4, -0.2) is 52.2 Å². The zero-order chi connectivity index (χ0) is 23.3. The van der Waals surface area contributed by atoms with E-state index in [0.717, 1.165) is 18.4 Å². The van der Waals surface area contributed by atoms with Gasteiger partial charge in [0.05, 0.1) is 31.0 Å². The van der Waals surface area contributed by atoms with Crippen molar-refractivity contribution in [3.63, 3.8) is 0 Å². The van der Waals surface area contributed by atoms with Gasteiger partial charge in [-0.1, -0.05) is 6.07 Å². The Bertz CT molecular complexity index is 1130. The first kappa shape index (κ1) is 23.6. The summed E-state index contributed by atoms with van der Waals surface area (Å²) >= 11 is 0. The number of carbonyl (C=O) groups excluding carboxylic acids is 2. The van der Waals surface area contributed by atoms with E-state index < -0.39 is 33.4 Å². The van der Waals surface area contributed by atoms with Gasteiger partial charge in [-0.15, -0.1) is 0 Å². The lowest BCUT2D eigenvalue weighted by molar-refractivity contribution is -0.384. The highest BCUT2D eigenvalue weighted by atomic mass is 32.2. The Morgan fingerprint density at radius 1 is 1.19 bits per heavy atom. The van der Waals surface area contributed by atoms with Gasteiger partial charge in [-0.25, -0.2) is 13.2 Å². The number of hydrogen-bond donors (Lipinski definition) is 1. The van der Waals surface area contributed by atoms with Crippen molar-refractivity contribution in [1.82, 2.24) is 0 Å². The monoisotopic (exact) mass is 451 g/mol. The first-order chi connectivity index (χ1) is 14.5. The first-order valence-electron chi connectivity index (χ1n) is 8.77. The Kier molecular flexibility index (Phi) is 7.18. The lowest BCUT2D eigenvalue weighted by Gasteiger charge is -2.23. The van der Waals surface area contributed by atoms with Crippen LogP contribution in [0.5, 0.6) is 5.75 Å². The number of nitrogens with zero attached hydrogens (tertiary/aromatic N) is 2. The minimum atomic E-state index is -4.02. The van der Waals surface area contributed by atoms with Crippen molar-refractivity contribution in [1.29, 1.82) is 0 Å². The van der Waals surface area contributed by atoms with Gasteiger partial charge in [0.2, 0.25) is 15.9 Å². The van der Waals surface area contributed by atoms with E-state index in [2.05, 4.69) is 5.32 Å². The molecule has 2 aromatic carbocycles. The number of ether oxygens (including phenoxy) is 2. The summed E-state index contributed by atoms with van der Waals surface area (Å²) in [5.74, 6) is -1.29. The number of benzene rings is 2. The largest absolute Gasteiger partial charge is 0.495 e. The third kappa shape index (κ3) is 5.48. The summed E-state index contributed by atoms with van der Waals surface area (Å²) < 4.78 is 35.3. The molecule has 0 aliphatic rings. The van der Waals surface area contributed by atoms with Crippen LogP contribution >= 0.6 is 0 Å². The van der Waals surface area contributed by atoms with E-state index in [4.69, 9.17) is 9.47 Å². The zero-order valence-electron chi connectivity index (χ0n) is 17.2. The Morgan fingerprint density at radius 2 is 1.87 bits per heavy atom. The molecule has 12 heteroatoms. The Balaban J connectivity index is 2.40. The molecule has 1 N–H and O–H groups in total. The van der Waals surface area contributed by atoms with Crippen molar-refractivity contribution in [3.05, 3.63) is 57.6 Å². The molecule has 166 valence electrons. The van der Waals surface area contributed by atoms with Gasteiger partial charge in [0.1, 0.15) is 18.0 Å². The number of esters is 1. The van der Waals surface area contributed by atoms with Gasteiger partial charge >= 0.3 is 5.97 Å². The van der Waals surface area contributed by atoms with Crippen LogP contribution < -0.4 is 14.4 Å². The number of nitro groups is 1. The summed E-state index contributed by atoms with van der Waals surface area (Å²) in [6.07, 6.45) is 0.863. The molecule has 0 fully saturated rings. The van der Waals surface area contributed by atoms with E-state index in [9.17, 15) is 28.1 Å². The molecule has 0 bridgehead atoms. The molecule has 0 aliphatic heterocycles.